The molecule has 7 nitrogen and oxygen atoms in total. The van der Waals surface area contributed by atoms with Crippen LogP contribution in [0.15, 0.2) is 42.5 Å². The molecule has 0 aliphatic heterocycles. The van der Waals surface area contributed by atoms with E-state index in [9.17, 15) is 26.4 Å². The van der Waals surface area contributed by atoms with Crippen LogP contribution >= 0.6 is 22.9 Å². The van der Waals surface area contributed by atoms with E-state index in [1.807, 2.05) is 31.2 Å². The summed E-state index contributed by atoms with van der Waals surface area (Å²) >= 11 is 6.66. The second kappa shape index (κ2) is 9.04. The zero-order valence-electron chi connectivity index (χ0n) is 16.6. The minimum atomic E-state index is -4.79. The van der Waals surface area contributed by atoms with Crippen LogP contribution in [-0.4, -0.2) is 37.3 Å². The van der Waals surface area contributed by atoms with E-state index in [0.29, 0.717) is 15.4 Å². The summed E-state index contributed by atoms with van der Waals surface area (Å²) in [5.41, 5.74) is 0.283. The molecule has 0 aliphatic carbocycles. The summed E-state index contributed by atoms with van der Waals surface area (Å²) in [4.78, 5) is 12.5. The molecule has 0 fully saturated rings. The van der Waals surface area contributed by atoms with Crippen LogP contribution in [0.1, 0.15) is 11.1 Å². The molecule has 0 unspecified atom stereocenters. The Kier molecular flexibility index (Phi) is 6.77. The molecule has 3 aromatic rings. The van der Waals surface area contributed by atoms with Gasteiger partial charge in [-0.25, -0.2) is 8.42 Å². The maximum absolute atomic E-state index is 13.2. The number of sulfonamides is 1. The van der Waals surface area contributed by atoms with Gasteiger partial charge in [0.1, 0.15) is 11.6 Å². The summed E-state index contributed by atoms with van der Waals surface area (Å²) < 4.78 is 64.4. The summed E-state index contributed by atoms with van der Waals surface area (Å²) in [6, 6.07) is 10.1. The largest absolute Gasteiger partial charge is 0.417 e. The molecule has 0 bridgehead atoms. The van der Waals surface area contributed by atoms with E-state index in [1.54, 1.807) is 0 Å². The highest BCUT2D eigenvalue weighted by atomic mass is 35.5. The van der Waals surface area contributed by atoms with Crippen molar-refractivity contribution in [1.82, 2.24) is 10.2 Å². The summed E-state index contributed by atoms with van der Waals surface area (Å²) in [6.07, 6.45) is -4.01. The van der Waals surface area contributed by atoms with Gasteiger partial charge in [0.2, 0.25) is 21.1 Å². The molecule has 0 atom stereocenters. The van der Waals surface area contributed by atoms with E-state index in [2.05, 4.69) is 15.5 Å². The second-order valence-electron chi connectivity index (χ2n) is 6.76. The van der Waals surface area contributed by atoms with Gasteiger partial charge >= 0.3 is 6.18 Å². The normalized spacial score (nSPS) is 11.9. The van der Waals surface area contributed by atoms with Crippen molar-refractivity contribution in [3.8, 4) is 10.6 Å². The Morgan fingerprint density at radius 2 is 1.81 bits per heavy atom. The van der Waals surface area contributed by atoms with Crippen LogP contribution in [0.2, 0.25) is 5.02 Å². The van der Waals surface area contributed by atoms with Gasteiger partial charge in [-0.15, -0.1) is 10.2 Å². The van der Waals surface area contributed by atoms with E-state index in [0.717, 1.165) is 40.9 Å². The number of hydrogen-bond acceptors (Lipinski definition) is 6. The van der Waals surface area contributed by atoms with Gasteiger partial charge < -0.3 is 0 Å². The molecule has 0 saturated carbocycles. The van der Waals surface area contributed by atoms with Gasteiger partial charge in [-0.3, -0.25) is 14.4 Å². The van der Waals surface area contributed by atoms with E-state index in [4.69, 9.17) is 11.6 Å². The number of halogens is 4. The number of nitrogens with one attached hydrogen (secondary N) is 1. The van der Waals surface area contributed by atoms with Crippen LogP contribution in [0.25, 0.3) is 10.6 Å². The number of alkyl halides is 3. The number of nitrogens with zero attached hydrogens (tertiary/aromatic N) is 3. The Labute approximate surface area is 190 Å². The third-order valence-electron chi connectivity index (χ3n) is 4.20. The first kappa shape index (κ1) is 24.0. The molecule has 32 heavy (non-hydrogen) atoms. The lowest BCUT2D eigenvalue weighted by atomic mass is 10.2. The van der Waals surface area contributed by atoms with Crippen LogP contribution < -0.4 is 9.62 Å². The predicted octanol–water partition coefficient (Wildman–Crippen LogP) is 4.59. The van der Waals surface area contributed by atoms with Crippen LogP contribution in [-0.2, 0) is 21.0 Å². The fraction of sp³-hybridized carbons (Fsp3) is 0.211. The van der Waals surface area contributed by atoms with E-state index >= 15 is 0 Å². The Hall–Kier alpha value is -2.70. The van der Waals surface area contributed by atoms with Crippen molar-refractivity contribution in [2.24, 2.45) is 0 Å². The standard InChI is InChI=1S/C19H16ClF3N4O3S2/c1-11-3-5-12(6-4-11)17-25-26-18(31-17)24-16(28)10-27(32(2,29)30)13-7-8-15(20)14(9-13)19(21,22)23/h3-9H,10H2,1-2H3,(H,24,26,28). The molecule has 0 saturated heterocycles. The molecule has 1 N–H and O–H groups in total. The average molecular weight is 505 g/mol. The smallest absolute Gasteiger partial charge is 0.299 e. The molecule has 1 heterocycles. The van der Waals surface area contributed by atoms with Gasteiger partial charge in [-0.05, 0) is 25.1 Å². The molecule has 170 valence electrons. The third kappa shape index (κ3) is 5.75. The fourth-order valence-corrected chi connectivity index (χ4v) is 4.50. The summed E-state index contributed by atoms with van der Waals surface area (Å²) in [6.45, 7) is 1.17. The highest BCUT2D eigenvalue weighted by molar-refractivity contribution is 7.92. The van der Waals surface area contributed by atoms with Gasteiger partial charge in [0.05, 0.1) is 22.5 Å². The number of benzene rings is 2. The van der Waals surface area contributed by atoms with Crippen LogP contribution in [0.3, 0.4) is 0 Å². The quantitative estimate of drug-likeness (QED) is 0.530. The van der Waals surface area contributed by atoms with E-state index < -0.39 is 39.2 Å². The lowest BCUT2D eigenvalue weighted by Gasteiger charge is -2.23. The van der Waals surface area contributed by atoms with Crippen LogP contribution in [0.4, 0.5) is 24.0 Å². The molecule has 2 aromatic carbocycles. The van der Waals surface area contributed by atoms with Gasteiger partial charge in [0, 0.05) is 5.56 Å². The number of anilines is 2. The molecule has 3 rings (SSSR count). The summed E-state index contributed by atoms with van der Waals surface area (Å²) in [5.74, 6) is -0.800. The SMILES string of the molecule is Cc1ccc(-c2nnc(NC(=O)CN(c3ccc(Cl)c(C(F)(F)F)c3)S(C)(=O)=O)s2)cc1. The van der Waals surface area contributed by atoms with Crippen molar-refractivity contribution in [2.75, 3.05) is 22.4 Å². The highest BCUT2D eigenvalue weighted by Crippen LogP contribution is 2.37. The maximum Gasteiger partial charge on any atom is 0.417 e. The number of aryl methyl sites for hydroxylation is 1. The van der Waals surface area contributed by atoms with Gasteiger partial charge in [-0.1, -0.05) is 52.8 Å². The Bertz CT molecular complexity index is 1250. The zero-order chi connectivity index (χ0) is 23.7. The average Bonchev–Trinajstić information content (AvgIpc) is 3.14. The number of hydrogen-bond donors (Lipinski definition) is 1. The lowest BCUT2D eigenvalue weighted by molar-refractivity contribution is -0.137. The van der Waals surface area contributed by atoms with Crippen LogP contribution in [0, 0.1) is 6.92 Å². The molecule has 1 amide bonds. The van der Waals surface area contributed by atoms with Crippen molar-refractivity contribution < 1.29 is 26.4 Å². The predicted molar refractivity (Wildman–Crippen MR) is 117 cm³/mol. The second-order valence-corrected chi connectivity index (χ2v) is 10.0. The number of rotatable bonds is 6. The number of aromatic nitrogens is 2. The van der Waals surface area contributed by atoms with Gasteiger partial charge in [0.15, 0.2) is 0 Å². The topological polar surface area (TPSA) is 92.3 Å². The maximum atomic E-state index is 13.2. The molecule has 0 aliphatic rings. The van der Waals surface area contributed by atoms with Gasteiger partial charge in [-0.2, -0.15) is 13.2 Å². The van der Waals surface area contributed by atoms with Crippen molar-refractivity contribution >= 4 is 49.7 Å². The number of carbonyl (C=O) groups excluding carboxylic acids is 1. The Morgan fingerprint density at radius 3 is 2.41 bits per heavy atom. The first-order chi connectivity index (χ1) is 14.8. The number of carbonyl (C=O) groups is 1. The van der Waals surface area contributed by atoms with Crippen molar-refractivity contribution in [1.29, 1.82) is 0 Å². The summed E-state index contributed by atoms with van der Waals surface area (Å²) in [5, 5.41) is 10.3. The first-order valence-electron chi connectivity index (χ1n) is 8.89. The van der Waals surface area contributed by atoms with E-state index in [-0.39, 0.29) is 10.8 Å². The monoisotopic (exact) mass is 504 g/mol. The Balaban J connectivity index is 1.81. The number of amides is 1. The molecular formula is C19H16ClF3N4O3S2. The lowest BCUT2D eigenvalue weighted by Crippen LogP contribution is -2.37. The van der Waals surface area contributed by atoms with Crippen molar-refractivity contribution in [2.45, 2.75) is 13.1 Å². The minimum Gasteiger partial charge on any atom is -0.299 e. The third-order valence-corrected chi connectivity index (χ3v) is 6.56. The zero-order valence-corrected chi connectivity index (χ0v) is 19.0. The van der Waals surface area contributed by atoms with E-state index in [1.165, 1.54) is 0 Å². The van der Waals surface area contributed by atoms with Crippen molar-refractivity contribution in [3.05, 3.63) is 58.6 Å². The minimum absolute atomic E-state index is 0.117. The van der Waals surface area contributed by atoms with Gasteiger partial charge in [0.25, 0.3) is 0 Å². The fourth-order valence-electron chi connectivity index (χ4n) is 2.66. The summed E-state index contributed by atoms with van der Waals surface area (Å²) in [7, 11) is -4.09. The Morgan fingerprint density at radius 1 is 1.16 bits per heavy atom. The molecular weight excluding hydrogens is 489 g/mol. The van der Waals surface area contributed by atoms with Crippen LogP contribution in [0.5, 0.6) is 0 Å². The van der Waals surface area contributed by atoms with Crippen molar-refractivity contribution in [3.63, 3.8) is 0 Å². The molecule has 1 aromatic heterocycles. The highest BCUT2D eigenvalue weighted by Gasteiger charge is 2.34. The molecule has 0 spiro atoms. The molecule has 0 radical (unpaired) electrons. The first-order valence-corrected chi connectivity index (χ1v) is 11.9. The molecule has 13 heteroatoms.